The van der Waals surface area contributed by atoms with Crippen LogP contribution in [0.4, 0.5) is 5.69 Å². The minimum atomic E-state index is -3.50. The zero-order valence-electron chi connectivity index (χ0n) is 11.7. The van der Waals surface area contributed by atoms with E-state index in [9.17, 15) is 8.42 Å². The van der Waals surface area contributed by atoms with Crippen molar-refractivity contribution in [2.24, 2.45) is 0 Å². The van der Waals surface area contributed by atoms with Gasteiger partial charge in [0.05, 0.1) is 11.5 Å². The first-order chi connectivity index (χ1) is 8.93. The molecule has 0 fully saturated rings. The molecule has 108 valence electrons. The molecule has 0 saturated carbocycles. The number of nitrogens with two attached hydrogens (primary N) is 1. The quantitative estimate of drug-likeness (QED) is 0.774. The van der Waals surface area contributed by atoms with Gasteiger partial charge in [-0.1, -0.05) is 6.92 Å². The van der Waals surface area contributed by atoms with Crippen molar-refractivity contribution in [3.8, 4) is 0 Å². The van der Waals surface area contributed by atoms with Gasteiger partial charge in [-0.05, 0) is 37.6 Å². The van der Waals surface area contributed by atoms with E-state index in [2.05, 4.69) is 0 Å². The molecule has 0 aromatic heterocycles. The lowest BCUT2D eigenvalue weighted by Gasteiger charge is -2.27. The molecule has 5 nitrogen and oxygen atoms in total. The Balaban J connectivity index is 3.07. The fraction of sp³-hybridized carbons (Fsp3) is 0.538. The Labute approximate surface area is 115 Å². The molecule has 0 aliphatic heterocycles. The molecule has 2 N–H and O–H groups in total. The molecule has 6 heteroatoms. The van der Waals surface area contributed by atoms with Crippen LogP contribution in [0.1, 0.15) is 20.3 Å². The van der Waals surface area contributed by atoms with Gasteiger partial charge < -0.3 is 10.5 Å². The predicted molar refractivity (Wildman–Crippen MR) is 76.4 cm³/mol. The van der Waals surface area contributed by atoms with E-state index in [1.165, 1.54) is 16.4 Å². The largest absolute Gasteiger partial charge is 0.399 e. The first-order valence-electron chi connectivity index (χ1n) is 6.29. The van der Waals surface area contributed by atoms with Crippen LogP contribution in [0.25, 0.3) is 0 Å². The Morgan fingerprint density at radius 3 is 2.37 bits per heavy atom. The molecule has 0 aliphatic rings. The summed E-state index contributed by atoms with van der Waals surface area (Å²) < 4.78 is 31.6. The molecule has 19 heavy (non-hydrogen) atoms. The van der Waals surface area contributed by atoms with Crippen molar-refractivity contribution in [2.45, 2.75) is 31.2 Å². The lowest BCUT2D eigenvalue weighted by Crippen LogP contribution is -2.40. The minimum Gasteiger partial charge on any atom is -0.399 e. The van der Waals surface area contributed by atoms with Crippen LogP contribution in [0.2, 0.25) is 0 Å². The molecule has 1 aromatic carbocycles. The summed E-state index contributed by atoms with van der Waals surface area (Å²) in [6.45, 7) is 4.57. The Morgan fingerprint density at radius 1 is 1.32 bits per heavy atom. The Bertz CT molecular complexity index is 485. The predicted octanol–water partition coefficient (Wildman–Crippen LogP) is 1.70. The second-order valence-corrected chi connectivity index (χ2v) is 6.33. The summed E-state index contributed by atoms with van der Waals surface area (Å²) in [6.07, 6.45) is 0.748. The molecule has 0 saturated heterocycles. The van der Waals surface area contributed by atoms with Crippen LogP contribution < -0.4 is 5.73 Å². The normalized spacial score (nSPS) is 13.7. The number of ether oxygens (including phenoxy) is 1. The van der Waals surface area contributed by atoms with Crippen molar-refractivity contribution >= 4 is 15.7 Å². The second kappa shape index (κ2) is 6.88. The molecule has 0 bridgehead atoms. The second-order valence-electron chi connectivity index (χ2n) is 4.43. The highest BCUT2D eigenvalue weighted by atomic mass is 32.2. The number of sulfonamides is 1. The maximum atomic E-state index is 12.6. The van der Waals surface area contributed by atoms with Gasteiger partial charge >= 0.3 is 0 Å². The highest BCUT2D eigenvalue weighted by molar-refractivity contribution is 7.89. The third kappa shape index (κ3) is 3.92. The standard InChI is InChI=1S/C13H22N2O3S/c1-4-11(2)15(9-10-18-3)19(16,17)13-7-5-12(14)6-8-13/h5-8,11H,4,9-10,14H2,1-3H3. The van der Waals surface area contributed by atoms with Crippen LogP contribution in [0.5, 0.6) is 0 Å². The van der Waals surface area contributed by atoms with Crippen LogP contribution in [0, 0.1) is 0 Å². The summed E-state index contributed by atoms with van der Waals surface area (Å²) in [4.78, 5) is 0.262. The Hall–Kier alpha value is -1.11. The van der Waals surface area contributed by atoms with E-state index in [0.29, 0.717) is 18.8 Å². The van der Waals surface area contributed by atoms with Crippen LogP contribution in [-0.2, 0) is 14.8 Å². The third-order valence-electron chi connectivity index (χ3n) is 3.08. The van der Waals surface area contributed by atoms with Crippen molar-refractivity contribution in [1.29, 1.82) is 0 Å². The van der Waals surface area contributed by atoms with Crippen LogP contribution in [-0.4, -0.2) is 39.0 Å². The van der Waals surface area contributed by atoms with Gasteiger partial charge in [0, 0.05) is 25.4 Å². The van der Waals surface area contributed by atoms with Gasteiger partial charge in [-0.3, -0.25) is 0 Å². The van der Waals surface area contributed by atoms with E-state index in [1.54, 1.807) is 19.2 Å². The summed E-state index contributed by atoms with van der Waals surface area (Å²) >= 11 is 0. The summed E-state index contributed by atoms with van der Waals surface area (Å²) in [7, 11) is -1.94. The third-order valence-corrected chi connectivity index (χ3v) is 5.11. The van der Waals surface area contributed by atoms with Crippen LogP contribution in [0.3, 0.4) is 0 Å². The van der Waals surface area contributed by atoms with E-state index >= 15 is 0 Å². The molecule has 1 atom stereocenters. The Kier molecular flexibility index (Phi) is 5.78. The number of anilines is 1. The summed E-state index contributed by atoms with van der Waals surface area (Å²) in [6, 6.07) is 6.19. The molecule has 0 spiro atoms. The number of hydrogen-bond donors (Lipinski definition) is 1. The highest BCUT2D eigenvalue weighted by Gasteiger charge is 2.27. The molecule has 0 heterocycles. The monoisotopic (exact) mass is 286 g/mol. The van der Waals surface area contributed by atoms with Gasteiger partial charge in [0.1, 0.15) is 0 Å². The van der Waals surface area contributed by atoms with E-state index in [4.69, 9.17) is 10.5 Å². The topological polar surface area (TPSA) is 72.6 Å². The molecule has 1 unspecified atom stereocenters. The van der Waals surface area contributed by atoms with Gasteiger partial charge in [-0.15, -0.1) is 0 Å². The fourth-order valence-corrected chi connectivity index (χ4v) is 3.43. The number of hydrogen-bond acceptors (Lipinski definition) is 4. The lowest BCUT2D eigenvalue weighted by molar-refractivity contribution is 0.167. The van der Waals surface area contributed by atoms with Crippen LogP contribution >= 0.6 is 0 Å². The maximum Gasteiger partial charge on any atom is 0.243 e. The molecule has 1 rings (SSSR count). The summed E-state index contributed by atoms with van der Waals surface area (Å²) in [5.41, 5.74) is 6.13. The van der Waals surface area contributed by atoms with Gasteiger partial charge in [0.25, 0.3) is 0 Å². The minimum absolute atomic E-state index is 0.0716. The van der Waals surface area contributed by atoms with E-state index < -0.39 is 10.0 Å². The zero-order valence-corrected chi connectivity index (χ0v) is 12.5. The summed E-state index contributed by atoms with van der Waals surface area (Å²) in [5.74, 6) is 0. The molecule has 0 radical (unpaired) electrons. The smallest absolute Gasteiger partial charge is 0.243 e. The highest BCUT2D eigenvalue weighted by Crippen LogP contribution is 2.20. The zero-order chi connectivity index (χ0) is 14.5. The van der Waals surface area contributed by atoms with Crippen molar-refractivity contribution in [2.75, 3.05) is 26.0 Å². The van der Waals surface area contributed by atoms with Gasteiger partial charge in [-0.25, -0.2) is 8.42 Å². The van der Waals surface area contributed by atoms with Crippen molar-refractivity contribution in [1.82, 2.24) is 4.31 Å². The number of methoxy groups -OCH3 is 1. The maximum absolute atomic E-state index is 12.6. The number of nitrogens with zero attached hydrogens (tertiary/aromatic N) is 1. The first-order valence-corrected chi connectivity index (χ1v) is 7.73. The van der Waals surface area contributed by atoms with Gasteiger partial charge in [0.2, 0.25) is 10.0 Å². The molecule has 0 aliphatic carbocycles. The van der Waals surface area contributed by atoms with Gasteiger partial charge in [-0.2, -0.15) is 4.31 Å². The van der Waals surface area contributed by atoms with Crippen LogP contribution in [0.15, 0.2) is 29.2 Å². The summed E-state index contributed by atoms with van der Waals surface area (Å²) in [5, 5.41) is 0. The van der Waals surface area contributed by atoms with E-state index in [-0.39, 0.29) is 10.9 Å². The first kappa shape index (κ1) is 15.9. The Morgan fingerprint density at radius 2 is 1.89 bits per heavy atom. The number of nitrogen functional groups attached to an aromatic ring is 1. The average molecular weight is 286 g/mol. The van der Waals surface area contributed by atoms with E-state index in [1.807, 2.05) is 13.8 Å². The van der Waals surface area contributed by atoms with Crippen molar-refractivity contribution in [3.05, 3.63) is 24.3 Å². The van der Waals surface area contributed by atoms with Gasteiger partial charge in [0.15, 0.2) is 0 Å². The van der Waals surface area contributed by atoms with Crippen molar-refractivity contribution in [3.63, 3.8) is 0 Å². The average Bonchev–Trinajstić information content (AvgIpc) is 2.39. The number of rotatable bonds is 7. The fourth-order valence-electron chi connectivity index (χ4n) is 1.74. The molecule has 0 amide bonds. The molecular formula is C13H22N2O3S. The SMILES string of the molecule is CCC(C)N(CCOC)S(=O)(=O)c1ccc(N)cc1. The molecule has 1 aromatic rings. The lowest BCUT2D eigenvalue weighted by atomic mass is 10.3. The molecular weight excluding hydrogens is 264 g/mol. The van der Waals surface area contributed by atoms with E-state index in [0.717, 1.165) is 6.42 Å². The van der Waals surface area contributed by atoms with Crippen molar-refractivity contribution < 1.29 is 13.2 Å². The number of benzene rings is 1.